The summed E-state index contributed by atoms with van der Waals surface area (Å²) in [6.07, 6.45) is 8.12. The first-order valence-corrected chi connectivity index (χ1v) is 8.29. The molecule has 23 heavy (non-hydrogen) atoms. The zero-order valence-electron chi connectivity index (χ0n) is 13.2. The second kappa shape index (κ2) is 6.15. The first-order valence-electron chi connectivity index (χ1n) is 8.29. The third-order valence-corrected chi connectivity index (χ3v) is 5.16. The Morgan fingerprint density at radius 1 is 1.22 bits per heavy atom. The first kappa shape index (κ1) is 15.0. The highest BCUT2D eigenvalue weighted by atomic mass is 16.5. The van der Waals surface area contributed by atoms with Crippen LogP contribution in [-0.4, -0.2) is 42.7 Å². The maximum atomic E-state index is 12.6. The molecule has 2 fully saturated rings. The Bertz CT molecular complexity index is 630. The van der Waals surface area contributed by atoms with Crippen LogP contribution < -0.4 is 5.32 Å². The highest BCUT2D eigenvalue weighted by Gasteiger charge is 2.61. The van der Waals surface area contributed by atoms with Gasteiger partial charge in [0.05, 0.1) is 44.6 Å². The van der Waals surface area contributed by atoms with E-state index >= 15 is 0 Å². The minimum Gasteiger partial charge on any atom is -0.377 e. The van der Waals surface area contributed by atoms with Gasteiger partial charge in [-0.25, -0.2) is 0 Å². The van der Waals surface area contributed by atoms with Crippen molar-refractivity contribution in [2.45, 2.75) is 38.0 Å². The van der Waals surface area contributed by atoms with Crippen LogP contribution in [0.2, 0.25) is 0 Å². The van der Waals surface area contributed by atoms with Gasteiger partial charge in [-0.15, -0.1) is 0 Å². The molecule has 2 aliphatic heterocycles. The summed E-state index contributed by atoms with van der Waals surface area (Å²) in [5.74, 6) is 0.226. The summed E-state index contributed by atoms with van der Waals surface area (Å²) in [6, 6.07) is 4.26. The van der Waals surface area contributed by atoms with Gasteiger partial charge in [-0.3, -0.25) is 9.78 Å². The van der Waals surface area contributed by atoms with Gasteiger partial charge in [-0.05, 0) is 24.5 Å². The van der Waals surface area contributed by atoms with E-state index in [1.807, 2.05) is 24.3 Å². The number of rotatable bonds is 0. The van der Waals surface area contributed by atoms with E-state index in [2.05, 4.69) is 10.3 Å². The molecular weight excluding hydrogens is 292 g/mol. The molecular formula is C18H22N2O3. The number of ketones is 1. The molecule has 3 heterocycles. The van der Waals surface area contributed by atoms with Gasteiger partial charge in [0.1, 0.15) is 0 Å². The zero-order chi connectivity index (χ0) is 15.7. The van der Waals surface area contributed by atoms with Gasteiger partial charge < -0.3 is 14.8 Å². The van der Waals surface area contributed by atoms with Crippen molar-refractivity contribution >= 4 is 5.78 Å². The third-order valence-electron chi connectivity index (χ3n) is 5.16. The lowest BCUT2D eigenvalue weighted by atomic mass is 9.95. The quantitative estimate of drug-likeness (QED) is 0.734. The zero-order valence-corrected chi connectivity index (χ0v) is 13.2. The van der Waals surface area contributed by atoms with Crippen molar-refractivity contribution in [3.05, 3.63) is 41.7 Å². The molecule has 2 bridgehead atoms. The number of hydrogen-bond donors (Lipinski definition) is 1. The molecule has 1 N–H and O–H groups in total. The third kappa shape index (κ3) is 3.09. The summed E-state index contributed by atoms with van der Waals surface area (Å²) in [5, 5.41) is 3.47. The highest BCUT2D eigenvalue weighted by Crippen LogP contribution is 2.54. The Morgan fingerprint density at radius 3 is 3.00 bits per heavy atom. The van der Waals surface area contributed by atoms with Gasteiger partial charge in [0, 0.05) is 17.7 Å². The van der Waals surface area contributed by atoms with Crippen molar-refractivity contribution in [3.63, 3.8) is 0 Å². The molecule has 122 valence electrons. The van der Waals surface area contributed by atoms with Crippen LogP contribution >= 0.6 is 0 Å². The SMILES string of the molecule is O=C1Cc2ncccc2COCC=CCOC[C@@]23C[C@@H]1N[C@@H]2C3. The lowest BCUT2D eigenvalue weighted by molar-refractivity contribution is -0.120. The Labute approximate surface area is 136 Å². The van der Waals surface area contributed by atoms with Gasteiger partial charge >= 0.3 is 0 Å². The molecule has 0 amide bonds. The molecule has 1 aromatic heterocycles. The van der Waals surface area contributed by atoms with Gasteiger partial charge in [0.15, 0.2) is 5.78 Å². The van der Waals surface area contributed by atoms with Crippen LogP contribution in [0.15, 0.2) is 30.5 Å². The van der Waals surface area contributed by atoms with E-state index in [0.717, 1.165) is 30.7 Å². The second-order valence-electron chi connectivity index (χ2n) is 6.80. The summed E-state index contributed by atoms with van der Waals surface area (Å²) in [4.78, 5) is 17.0. The molecule has 3 aliphatic rings. The number of fused-ring (bicyclic) bond motifs is 2. The Balaban J connectivity index is 1.53. The normalized spacial score (nSPS) is 34.2. The number of hydrogen-bond acceptors (Lipinski definition) is 5. The van der Waals surface area contributed by atoms with Crippen molar-refractivity contribution in [2.75, 3.05) is 19.8 Å². The van der Waals surface area contributed by atoms with Crippen LogP contribution in [0.25, 0.3) is 0 Å². The average molecular weight is 314 g/mol. The Kier molecular flexibility index (Phi) is 4.01. The number of pyridine rings is 1. The topological polar surface area (TPSA) is 60.5 Å². The van der Waals surface area contributed by atoms with Crippen LogP contribution in [0.5, 0.6) is 0 Å². The fraction of sp³-hybridized carbons (Fsp3) is 0.556. The van der Waals surface area contributed by atoms with Crippen molar-refractivity contribution in [3.8, 4) is 0 Å². The van der Waals surface area contributed by atoms with Gasteiger partial charge in [0.25, 0.3) is 0 Å². The highest BCUT2D eigenvalue weighted by molar-refractivity contribution is 5.86. The average Bonchev–Trinajstić information content (AvgIpc) is 3.11. The minimum absolute atomic E-state index is 0.0613. The summed E-state index contributed by atoms with van der Waals surface area (Å²) >= 11 is 0. The molecule has 1 saturated carbocycles. The number of ether oxygens (including phenoxy) is 2. The van der Waals surface area contributed by atoms with Crippen LogP contribution in [0.3, 0.4) is 0 Å². The lowest BCUT2D eigenvalue weighted by Gasteiger charge is -2.16. The molecule has 0 radical (unpaired) electrons. The molecule has 0 unspecified atom stereocenters. The van der Waals surface area contributed by atoms with Crippen molar-refractivity contribution in [1.29, 1.82) is 0 Å². The smallest absolute Gasteiger partial charge is 0.155 e. The molecule has 1 aromatic rings. The molecule has 1 saturated heterocycles. The predicted molar refractivity (Wildman–Crippen MR) is 84.9 cm³/mol. The second-order valence-corrected chi connectivity index (χ2v) is 6.80. The Morgan fingerprint density at radius 2 is 2.09 bits per heavy atom. The standard InChI is InChI=1S/C18H22N2O3/c21-16-8-14-13(4-3-5-19-14)11-22-6-1-2-7-23-12-18-9-15(16)20-17(18)10-18/h1-5,15,17,20H,6-12H2/t15-,17+,18-/m0/s1. The number of carbonyl (C=O) groups excluding carboxylic acids is 1. The monoisotopic (exact) mass is 314 g/mol. The molecule has 0 aromatic carbocycles. The van der Waals surface area contributed by atoms with E-state index in [9.17, 15) is 4.79 Å². The molecule has 3 atom stereocenters. The number of carbonyl (C=O) groups is 1. The van der Waals surface area contributed by atoms with Crippen LogP contribution in [-0.2, 0) is 27.3 Å². The predicted octanol–water partition coefficient (Wildman–Crippen LogP) is 1.42. The van der Waals surface area contributed by atoms with Crippen molar-refractivity contribution in [2.24, 2.45) is 5.41 Å². The van der Waals surface area contributed by atoms with E-state index in [1.165, 1.54) is 0 Å². The molecule has 4 rings (SSSR count). The van der Waals surface area contributed by atoms with Crippen LogP contribution in [0, 0.1) is 5.41 Å². The van der Waals surface area contributed by atoms with E-state index < -0.39 is 0 Å². The van der Waals surface area contributed by atoms with E-state index in [-0.39, 0.29) is 17.2 Å². The number of piperidine rings is 1. The lowest BCUT2D eigenvalue weighted by Crippen LogP contribution is -2.35. The molecule has 5 heteroatoms. The molecule has 1 aliphatic carbocycles. The fourth-order valence-corrected chi connectivity index (χ4v) is 3.70. The summed E-state index contributed by atoms with van der Waals surface area (Å²) < 4.78 is 11.4. The van der Waals surface area contributed by atoms with E-state index in [4.69, 9.17) is 9.47 Å². The van der Waals surface area contributed by atoms with Crippen molar-refractivity contribution in [1.82, 2.24) is 10.3 Å². The minimum atomic E-state index is -0.0613. The number of nitrogens with zero attached hydrogens (tertiary/aromatic N) is 1. The van der Waals surface area contributed by atoms with Gasteiger partial charge in [0.2, 0.25) is 0 Å². The summed E-state index contributed by atoms with van der Waals surface area (Å²) in [5.41, 5.74) is 2.01. The van der Waals surface area contributed by atoms with Gasteiger partial charge in [-0.2, -0.15) is 0 Å². The van der Waals surface area contributed by atoms with Gasteiger partial charge in [-0.1, -0.05) is 18.2 Å². The summed E-state index contributed by atoms with van der Waals surface area (Å²) in [6.45, 7) is 2.36. The van der Waals surface area contributed by atoms with Crippen molar-refractivity contribution < 1.29 is 14.3 Å². The Hall–Kier alpha value is -1.56. The maximum Gasteiger partial charge on any atom is 0.155 e. The first-order chi connectivity index (χ1) is 11.3. The number of Topliss-reactive ketones (excluding diaryl/α,β-unsaturated/α-hetero) is 1. The molecule has 5 nitrogen and oxygen atoms in total. The van der Waals surface area contributed by atoms with Crippen LogP contribution in [0.1, 0.15) is 24.1 Å². The summed E-state index contributed by atoms with van der Waals surface area (Å²) in [7, 11) is 0. The molecule has 1 spiro atoms. The van der Waals surface area contributed by atoms with E-state index in [0.29, 0.717) is 32.3 Å². The maximum absolute atomic E-state index is 12.6. The number of aromatic nitrogens is 1. The fourth-order valence-electron chi connectivity index (χ4n) is 3.70. The van der Waals surface area contributed by atoms with Crippen LogP contribution in [0.4, 0.5) is 0 Å². The van der Waals surface area contributed by atoms with E-state index in [1.54, 1.807) is 6.20 Å². The largest absolute Gasteiger partial charge is 0.377 e. The number of nitrogens with one attached hydrogen (secondary N) is 1.